The molecule has 0 heterocycles. The standard InChI is InChI=1S/C9H9NO3/c1-3-13-9-6-8(10(11)12)5-4-7(9)2/h3-6H,1H2,2H3. The van der Waals surface area contributed by atoms with Crippen molar-refractivity contribution in [1.82, 2.24) is 0 Å². The van der Waals surface area contributed by atoms with Gasteiger partial charge in [0.25, 0.3) is 5.69 Å². The molecular formula is C9H9NO3. The lowest BCUT2D eigenvalue weighted by molar-refractivity contribution is -0.384. The summed E-state index contributed by atoms with van der Waals surface area (Å²) in [6, 6.07) is 4.44. The molecular weight excluding hydrogens is 170 g/mol. The second-order valence-electron chi connectivity index (χ2n) is 2.49. The number of rotatable bonds is 3. The first-order chi connectivity index (χ1) is 6.15. The van der Waals surface area contributed by atoms with E-state index in [9.17, 15) is 10.1 Å². The first-order valence-electron chi connectivity index (χ1n) is 3.67. The molecule has 0 aliphatic rings. The van der Waals surface area contributed by atoms with Crippen molar-refractivity contribution in [2.75, 3.05) is 0 Å². The number of aryl methyl sites for hydroxylation is 1. The largest absolute Gasteiger partial charge is 0.465 e. The van der Waals surface area contributed by atoms with Gasteiger partial charge in [0.05, 0.1) is 17.3 Å². The van der Waals surface area contributed by atoms with Gasteiger partial charge in [0.2, 0.25) is 0 Å². The fourth-order valence-electron chi connectivity index (χ4n) is 0.919. The van der Waals surface area contributed by atoms with Crippen molar-refractivity contribution in [3.63, 3.8) is 0 Å². The van der Waals surface area contributed by atoms with Gasteiger partial charge in [-0.1, -0.05) is 6.58 Å². The molecule has 0 aromatic heterocycles. The Kier molecular flexibility index (Phi) is 2.64. The average molecular weight is 179 g/mol. The van der Waals surface area contributed by atoms with E-state index in [1.54, 1.807) is 6.07 Å². The highest BCUT2D eigenvalue weighted by molar-refractivity contribution is 5.43. The summed E-state index contributed by atoms with van der Waals surface area (Å²) in [5.74, 6) is 0.462. The van der Waals surface area contributed by atoms with Crippen molar-refractivity contribution in [2.45, 2.75) is 6.92 Å². The Morgan fingerprint density at radius 2 is 2.31 bits per heavy atom. The van der Waals surface area contributed by atoms with Crippen LogP contribution in [-0.4, -0.2) is 4.92 Å². The highest BCUT2D eigenvalue weighted by Crippen LogP contribution is 2.23. The quantitative estimate of drug-likeness (QED) is 0.406. The van der Waals surface area contributed by atoms with Crippen LogP contribution in [-0.2, 0) is 0 Å². The number of non-ortho nitro benzene ring substituents is 1. The number of ether oxygens (including phenoxy) is 1. The second-order valence-corrected chi connectivity index (χ2v) is 2.49. The molecule has 0 fully saturated rings. The van der Waals surface area contributed by atoms with Gasteiger partial charge in [0.1, 0.15) is 5.75 Å². The molecule has 1 aromatic rings. The number of nitro groups is 1. The molecule has 0 amide bonds. The Balaban J connectivity index is 3.10. The molecule has 0 bridgehead atoms. The Labute approximate surface area is 75.6 Å². The first kappa shape index (κ1) is 9.25. The van der Waals surface area contributed by atoms with Crippen LogP contribution in [0.1, 0.15) is 5.56 Å². The summed E-state index contributed by atoms with van der Waals surface area (Å²) in [7, 11) is 0. The van der Waals surface area contributed by atoms with Gasteiger partial charge in [-0.05, 0) is 18.6 Å². The summed E-state index contributed by atoms with van der Waals surface area (Å²) in [6.45, 7) is 5.19. The Morgan fingerprint density at radius 1 is 1.62 bits per heavy atom. The van der Waals surface area contributed by atoms with Gasteiger partial charge in [-0.3, -0.25) is 10.1 Å². The summed E-state index contributed by atoms with van der Waals surface area (Å²) in [5.41, 5.74) is 0.855. The van der Waals surface area contributed by atoms with E-state index in [4.69, 9.17) is 4.74 Å². The third-order valence-corrected chi connectivity index (χ3v) is 1.59. The molecule has 0 N–H and O–H groups in total. The molecule has 0 unspecified atom stereocenters. The third-order valence-electron chi connectivity index (χ3n) is 1.59. The highest BCUT2D eigenvalue weighted by atomic mass is 16.6. The number of hydrogen-bond donors (Lipinski definition) is 0. The number of nitro benzene ring substituents is 1. The second kappa shape index (κ2) is 3.71. The van der Waals surface area contributed by atoms with Gasteiger partial charge in [0, 0.05) is 6.07 Å². The van der Waals surface area contributed by atoms with Crippen LogP contribution < -0.4 is 4.74 Å². The molecule has 1 rings (SSSR count). The zero-order valence-corrected chi connectivity index (χ0v) is 7.19. The first-order valence-corrected chi connectivity index (χ1v) is 3.67. The molecule has 0 aliphatic carbocycles. The maximum Gasteiger partial charge on any atom is 0.273 e. The minimum Gasteiger partial charge on any atom is -0.465 e. The molecule has 0 saturated carbocycles. The van der Waals surface area contributed by atoms with Gasteiger partial charge < -0.3 is 4.74 Å². The van der Waals surface area contributed by atoms with Crippen LogP contribution in [0.3, 0.4) is 0 Å². The van der Waals surface area contributed by atoms with Crippen molar-refractivity contribution in [1.29, 1.82) is 0 Å². The van der Waals surface area contributed by atoms with E-state index in [1.165, 1.54) is 18.4 Å². The van der Waals surface area contributed by atoms with Crippen molar-refractivity contribution < 1.29 is 9.66 Å². The lowest BCUT2D eigenvalue weighted by Crippen LogP contribution is -1.91. The predicted octanol–water partition coefficient (Wildman–Crippen LogP) is 2.43. The van der Waals surface area contributed by atoms with E-state index in [2.05, 4.69) is 6.58 Å². The van der Waals surface area contributed by atoms with E-state index in [0.717, 1.165) is 5.56 Å². The summed E-state index contributed by atoms with van der Waals surface area (Å²) in [6.07, 6.45) is 1.24. The van der Waals surface area contributed by atoms with Crippen LogP contribution >= 0.6 is 0 Å². The van der Waals surface area contributed by atoms with Crippen LogP contribution in [0.15, 0.2) is 31.0 Å². The third kappa shape index (κ3) is 2.05. The summed E-state index contributed by atoms with van der Waals surface area (Å²) in [5, 5.41) is 10.4. The van der Waals surface area contributed by atoms with Gasteiger partial charge in [0.15, 0.2) is 0 Å². The van der Waals surface area contributed by atoms with Gasteiger partial charge in [-0.25, -0.2) is 0 Å². The Bertz CT molecular complexity index is 347. The average Bonchev–Trinajstić information content (AvgIpc) is 2.08. The highest BCUT2D eigenvalue weighted by Gasteiger charge is 2.08. The normalized spacial score (nSPS) is 9.31. The van der Waals surface area contributed by atoms with Gasteiger partial charge in [-0.15, -0.1) is 0 Å². The van der Waals surface area contributed by atoms with E-state index < -0.39 is 4.92 Å². The van der Waals surface area contributed by atoms with Crippen molar-refractivity contribution in [3.05, 3.63) is 46.7 Å². The SMILES string of the molecule is C=COc1cc([N+](=O)[O-])ccc1C. The lowest BCUT2D eigenvalue weighted by Gasteiger charge is -2.02. The molecule has 0 spiro atoms. The summed E-state index contributed by atoms with van der Waals surface area (Å²) >= 11 is 0. The maximum absolute atomic E-state index is 10.4. The molecule has 4 heteroatoms. The van der Waals surface area contributed by atoms with Crippen LogP contribution in [0, 0.1) is 17.0 Å². The van der Waals surface area contributed by atoms with E-state index >= 15 is 0 Å². The predicted molar refractivity (Wildman–Crippen MR) is 48.7 cm³/mol. The minimum atomic E-state index is -0.463. The molecule has 0 saturated heterocycles. The Morgan fingerprint density at radius 3 is 2.85 bits per heavy atom. The van der Waals surface area contributed by atoms with Crippen LogP contribution in [0.4, 0.5) is 5.69 Å². The molecule has 1 aromatic carbocycles. The Hall–Kier alpha value is -1.84. The maximum atomic E-state index is 10.4. The molecule has 0 radical (unpaired) electrons. The van der Waals surface area contributed by atoms with Gasteiger partial charge in [-0.2, -0.15) is 0 Å². The number of hydrogen-bond acceptors (Lipinski definition) is 3. The van der Waals surface area contributed by atoms with Crippen molar-refractivity contribution in [3.8, 4) is 5.75 Å². The molecule has 13 heavy (non-hydrogen) atoms. The minimum absolute atomic E-state index is 0.0162. The molecule has 68 valence electrons. The van der Waals surface area contributed by atoms with Crippen LogP contribution in [0.2, 0.25) is 0 Å². The zero-order chi connectivity index (χ0) is 9.84. The van der Waals surface area contributed by atoms with Crippen LogP contribution in [0.25, 0.3) is 0 Å². The summed E-state index contributed by atoms with van der Waals surface area (Å²) < 4.78 is 4.99. The van der Waals surface area contributed by atoms with E-state index in [-0.39, 0.29) is 5.69 Å². The van der Waals surface area contributed by atoms with E-state index in [1.807, 2.05) is 6.92 Å². The number of nitrogens with zero attached hydrogens (tertiary/aromatic N) is 1. The van der Waals surface area contributed by atoms with E-state index in [0.29, 0.717) is 5.75 Å². The topological polar surface area (TPSA) is 52.4 Å². The fraction of sp³-hybridized carbons (Fsp3) is 0.111. The molecule has 0 atom stereocenters. The molecule has 4 nitrogen and oxygen atoms in total. The van der Waals surface area contributed by atoms with Crippen LogP contribution in [0.5, 0.6) is 5.75 Å². The van der Waals surface area contributed by atoms with Crippen molar-refractivity contribution >= 4 is 5.69 Å². The molecule has 0 aliphatic heterocycles. The number of benzene rings is 1. The lowest BCUT2D eigenvalue weighted by atomic mass is 10.2. The fourth-order valence-corrected chi connectivity index (χ4v) is 0.919. The van der Waals surface area contributed by atoms with Crippen molar-refractivity contribution in [2.24, 2.45) is 0 Å². The smallest absolute Gasteiger partial charge is 0.273 e. The summed E-state index contributed by atoms with van der Waals surface area (Å²) in [4.78, 5) is 9.93. The monoisotopic (exact) mass is 179 g/mol. The van der Waals surface area contributed by atoms with Gasteiger partial charge >= 0.3 is 0 Å². The zero-order valence-electron chi connectivity index (χ0n) is 7.19.